The second kappa shape index (κ2) is 7.45. The first-order valence-corrected chi connectivity index (χ1v) is 9.16. The molecule has 3 aromatic rings. The Morgan fingerprint density at radius 1 is 0.963 bits per heavy atom. The highest BCUT2D eigenvalue weighted by Crippen LogP contribution is 2.18. The van der Waals surface area contributed by atoms with Gasteiger partial charge < -0.3 is 9.80 Å². The molecular formula is C22H21F2N2O+. The minimum absolute atomic E-state index is 0.0612. The number of fused-ring (bicyclic) bond motifs is 1. The normalized spacial score (nSPS) is 15.3. The first kappa shape index (κ1) is 17.6. The fourth-order valence-electron chi connectivity index (χ4n) is 3.75. The zero-order valence-electron chi connectivity index (χ0n) is 14.9. The van der Waals surface area contributed by atoms with E-state index in [4.69, 9.17) is 0 Å². The number of amides is 1. The summed E-state index contributed by atoms with van der Waals surface area (Å²) in [6.07, 6.45) is 0. The van der Waals surface area contributed by atoms with Gasteiger partial charge in [0, 0.05) is 11.6 Å². The SMILES string of the molecule is O=C(c1ccc(F)cc1F)N1CC[NH+](Cc2cccc3ccccc23)CC1. The fraction of sp³-hybridized carbons (Fsp3) is 0.227. The second-order valence-electron chi connectivity index (χ2n) is 6.98. The molecule has 27 heavy (non-hydrogen) atoms. The Balaban J connectivity index is 1.42. The van der Waals surface area contributed by atoms with E-state index >= 15 is 0 Å². The van der Waals surface area contributed by atoms with Gasteiger partial charge in [-0.2, -0.15) is 0 Å². The highest BCUT2D eigenvalue weighted by molar-refractivity contribution is 5.94. The summed E-state index contributed by atoms with van der Waals surface area (Å²) in [5.41, 5.74) is 1.24. The third-order valence-electron chi connectivity index (χ3n) is 5.24. The molecule has 138 valence electrons. The van der Waals surface area contributed by atoms with E-state index in [-0.39, 0.29) is 11.5 Å². The van der Waals surface area contributed by atoms with Gasteiger partial charge in [-0.15, -0.1) is 0 Å². The predicted octanol–water partition coefficient (Wildman–Crippen LogP) is 2.66. The molecule has 0 unspecified atom stereocenters. The molecule has 1 heterocycles. The molecule has 1 aliphatic heterocycles. The molecule has 1 saturated heterocycles. The van der Waals surface area contributed by atoms with Crippen molar-refractivity contribution in [2.75, 3.05) is 26.2 Å². The number of nitrogens with zero attached hydrogens (tertiary/aromatic N) is 1. The molecule has 4 rings (SSSR count). The largest absolute Gasteiger partial charge is 0.328 e. The molecule has 0 aliphatic carbocycles. The van der Waals surface area contributed by atoms with Crippen LogP contribution in [0.2, 0.25) is 0 Å². The van der Waals surface area contributed by atoms with Crippen LogP contribution in [-0.4, -0.2) is 37.0 Å². The Hall–Kier alpha value is -2.79. The molecule has 0 spiro atoms. The number of piperazine rings is 1. The number of halogens is 2. The van der Waals surface area contributed by atoms with Gasteiger partial charge in [-0.05, 0) is 22.9 Å². The zero-order chi connectivity index (χ0) is 18.8. The second-order valence-corrected chi connectivity index (χ2v) is 6.98. The lowest BCUT2D eigenvalue weighted by Crippen LogP contribution is -3.13. The number of nitrogens with one attached hydrogen (secondary N) is 1. The average molecular weight is 367 g/mol. The lowest BCUT2D eigenvalue weighted by molar-refractivity contribution is -0.917. The van der Waals surface area contributed by atoms with Gasteiger partial charge in [0.1, 0.15) is 18.2 Å². The molecule has 0 bridgehead atoms. The van der Waals surface area contributed by atoms with Gasteiger partial charge in [-0.3, -0.25) is 4.79 Å². The quantitative estimate of drug-likeness (QED) is 0.756. The number of hydrogen-bond donors (Lipinski definition) is 1. The summed E-state index contributed by atoms with van der Waals surface area (Å²) in [7, 11) is 0. The van der Waals surface area contributed by atoms with Gasteiger partial charge in [0.25, 0.3) is 5.91 Å². The van der Waals surface area contributed by atoms with Crippen molar-refractivity contribution in [1.29, 1.82) is 0 Å². The maximum atomic E-state index is 13.9. The number of hydrogen-bond acceptors (Lipinski definition) is 1. The third-order valence-corrected chi connectivity index (χ3v) is 5.24. The first-order chi connectivity index (χ1) is 13.1. The number of benzene rings is 3. The Morgan fingerprint density at radius 3 is 2.48 bits per heavy atom. The van der Waals surface area contributed by atoms with Crippen LogP contribution in [0.3, 0.4) is 0 Å². The lowest BCUT2D eigenvalue weighted by atomic mass is 10.0. The van der Waals surface area contributed by atoms with E-state index in [9.17, 15) is 13.6 Å². The molecule has 0 aromatic heterocycles. The summed E-state index contributed by atoms with van der Waals surface area (Å²) in [6, 6.07) is 17.8. The molecular weight excluding hydrogens is 346 g/mol. The van der Waals surface area contributed by atoms with E-state index in [0.717, 1.165) is 31.8 Å². The predicted molar refractivity (Wildman–Crippen MR) is 101 cm³/mol. The monoisotopic (exact) mass is 367 g/mol. The topological polar surface area (TPSA) is 24.8 Å². The van der Waals surface area contributed by atoms with Crippen LogP contribution >= 0.6 is 0 Å². The molecule has 1 N–H and O–H groups in total. The summed E-state index contributed by atoms with van der Waals surface area (Å²) < 4.78 is 26.9. The van der Waals surface area contributed by atoms with E-state index in [0.29, 0.717) is 13.1 Å². The van der Waals surface area contributed by atoms with Crippen molar-refractivity contribution in [2.45, 2.75) is 6.54 Å². The van der Waals surface area contributed by atoms with Gasteiger partial charge in [0.15, 0.2) is 0 Å². The number of carbonyl (C=O) groups excluding carboxylic acids is 1. The van der Waals surface area contributed by atoms with Crippen molar-refractivity contribution < 1.29 is 18.5 Å². The molecule has 1 fully saturated rings. The van der Waals surface area contributed by atoms with Crippen molar-refractivity contribution in [3.63, 3.8) is 0 Å². The van der Waals surface area contributed by atoms with E-state index in [1.165, 1.54) is 27.3 Å². The summed E-state index contributed by atoms with van der Waals surface area (Å²) in [5, 5.41) is 2.49. The van der Waals surface area contributed by atoms with Crippen LogP contribution in [0, 0.1) is 11.6 Å². The molecule has 0 atom stereocenters. The van der Waals surface area contributed by atoms with Crippen LogP contribution in [0.5, 0.6) is 0 Å². The third kappa shape index (κ3) is 3.69. The van der Waals surface area contributed by atoms with E-state index in [1.807, 2.05) is 6.07 Å². The van der Waals surface area contributed by atoms with Gasteiger partial charge in [0.2, 0.25) is 0 Å². The first-order valence-electron chi connectivity index (χ1n) is 9.16. The van der Waals surface area contributed by atoms with Crippen molar-refractivity contribution >= 4 is 16.7 Å². The highest BCUT2D eigenvalue weighted by Gasteiger charge is 2.26. The minimum atomic E-state index is -0.800. The van der Waals surface area contributed by atoms with Gasteiger partial charge in [-0.25, -0.2) is 8.78 Å². The Morgan fingerprint density at radius 2 is 1.70 bits per heavy atom. The zero-order valence-corrected chi connectivity index (χ0v) is 14.9. The molecule has 3 nitrogen and oxygen atoms in total. The molecule has 0 saturated carbocycles. The van der Waals surface area contributed by atoms with Crippen molar-refractivity contribution in [2.24, 2.45) is 0 Å². The van der Waals surface area contributed by atoms with Gasteiger partial charge in [0.05, 0.1) is 31.7 Å². The molecule has 5 heteroatoms. The van der Waals surface area contributed by atoms with Crippen molar-refractivity contribution in [3.05, 3.63) is 83.4 Å². The van der Waals surface area contributed by atoms with Crippen LogP contribution < -0.4 is 4.90 Å². The maximum Gasteiger partial charge on any atom is 0.257 e. The van der Waals surface area contributed by atoms with Crippen LogP contribution in [-0.2, 0) is 6.54 Å². The van der Waals surface area contributed by atoms with Gasteiger partial charge >= 0.3 is 0 Å². The summed E-state index contributed by atoms with van der Waals surface area (Å²) in [4.78, 5) is 15.6. The van der Waals surface area contributed by atoms with E-state index in [2.05, 4.69) is 36.4 Å². The number of quaternary nitrogens is 1. The summed E-state index contributed by atoms with van der Waals surface area (Å²) in [5.74, 6) is -1.84. The molecule has 3 aromatic carbocycles. The highest BCUT2D eigenvalue weighted by atomic mass is 19.1. The molecule has 1 amide bonds. The van der Waals surface area contributed by atoms with Crippen LogP contribution in [0.25, 0.3) is 10.8 Å². The smallest absolute Gasteiger partial charge is 0.257 e. The average Bonchev–Trinajstić information content (AvgIpc) is 2.68. The van der Waals surface area contributed by atoms with Crippen LogP contribution in [0.4, 0.5) is 8.78 Å². The lowest BCUT2D eigenvalue weighted by Gasteiger charge is -2.32. The minimum Gasteiger partial charge on any atom is -0.328 e. The van der Waals surface area contributed by atoms with E-state index in [1.54, 1.807) is 4.90 Å². The van der Waals surface area contributed by atoms with E-state index < -0.39 is 11.6 Å². The van der Waals surface area contributed by atoms with Gasteiger partial charge in [-0.1, -0.05) is 42.5 Å². The molecule has 1 aliphatic rings. The maximum absolute atomic E-state index is 13.9. The molecule has 0 radical (unpaired) electrons. The Kier molecular flexibility index (Phi) is 4.86. The van der Waals surface area contributed by atoms with Crippen molar-refractivity contribution in [1.82, 2.24) is 4.90 Å². The fourth-order valence-corrected chi connectivity index (χ4v) is 3.75. The summed E-state index contributed by atoms with van der Waals surface area (Å²) >= 11 is 0. The van der Waals surface area contributed by atoms with Crippen molar-refractivity contribution in [3.8, 4) is 0 Å². The standard InChI is InChI=1S/C22H20F2N2O/c23-18-8-9-20(21(24)14-18)22(27)26-12-10-25(11-13-26)15-17-6-3-5-16-4-1-2-7-19(16)17/h1-9,14H,10-13,15H2/p+1. The van der Waals surface area contributed by atoms with Crippen LogP contribution in [0.1, 0.15) is 15.9 Å². The number of rotatable bonds is 3. The summed E-state index contributed by atoms with van der Waals surface area (Å²) in [6.45, 7) is 3.63. The Labute approximate surface area is 156 Å². The van der Waals surface area contributed by atoms with Crippen LogP contribution in [0.15, 0.2) is 60.7 Å². The number of carbonyl (C=O) groups is 1. The Bertz CT molecular complexity index is 976.